The van der Waals surface area contributed by atoms with E-state index in [0.29, 0.717) is 21.8 Å². The molecule has 0 saturated heterocycles. The van der Waals surface area contributed by atoms with Crippen LogP contribution in [0.5, 0.6) is 0 Å². The Morgan fingerprint density at radius 2 is 2.04 bits per heavy atom. The summed E-state index contributed by atoms with van der Waals surface area (Å²) < 4.78 is 39.4. The third-order valence-corrected chi connectivity index (χ3v) is 4.96. The number of nitrogens with one attached hydrogen (secondary N) is 3. The van der Waals surface area contributed by atoms with E-state index in [-0.39, 0.29) is 17.5 Å². The van der Waals surface area contributed by atoms with E-state index >= 15 is 0 Å². The van der Waals surface area contributed by atoms with Crippen molar-refractivity contribution in [1.29, 1.82) is 5.41 Å². The van der Waals surface area contributed by atoms with Crippen molar-refractivity contribution in [2.75, 3.05) is 0 Å². The third-order valence-electron chi connectivity index (χ3n) is 4.67. The first-order valence-electron chi connectivity index (χ1n) is 8.39. The number of fused-ring (bicyclic) bond motifs is 1. The molecule has 4 rings (SSSR count). The Bertz CT molecular complexity index is 1010. The molecule has 1 aromatic heterocycles. The number of aromatic nitrogens is 2. The summed E-state index contributed by atoms with van der Waals surface area (Å²) in [7, 11) is 0. The van der Waals surface area contributed by atoms with E-state index in [9.17, 15) is 13.2 Å². The molecule has 2 aliphatic rings. The monoisotopic (exact) mass is 393 g/mol. The zero-order chi connectivity index (χ0) is 19.2. The lowest BCUT2D eigenvalue weighted by molar-refractivity contribution is -0.0577. The molecule has 0 unspecified atom stereocenters. The number of benzene rings is 1. The van der Waals surface area contributed by atoms with Crippen molar-refractivity contribution in [3.05, 3.63) is 46.8 Å². The van der Waals surface area contributed by atoms with Gasteiger partial charge in [-0.1, -0.05) is 11.6 Å². The summed E-state index contributed by atoms with van der Waals surface area (Å²) >= 11 is 6.30. The van der Waals surface area contributed by atoms with Gasteiger partial charge in [0.2, 0.25) is 0 Å². The first-order valence-corrected chi connectivity index (χ1v) is 8.77. The fourth-order valence-corrected chi connectivity index (χ4v) is 3.28. The van der Waals surface area contributed by atoms with Crippen LogP contribution in [0.25, 0.3) is 16.6 Å². The van der Waals surface area contributed by atoms with E-state index in [1.165, 1.54) is 0 Å². The third kappa shape index (κ3) is 3.37. The number of allylic oxidation sites excluding steroid dienone is 2. The van der Waals surface area contributed by atoms with Crippen LogP contribution in [-0.4, -0.2) is 33.8 Å². The Labute approximate surface area is 157 Å². The van der Waals surface area contributed by atoms with E-state index in [1.54, 1.807) is 18.3 Å². The van der Waals surface area contributed by atoms with Gasteiger partial charge in [0.1, 0.15) is 11.4 Å². The van der Waals surface area contributed by atoms with Crippen LogP contribution in [0.4, 0.5) is 13.2 Å². The van der Waals surface area contributed by atoms with Gasteiger partial charge >= 0.3 is 6.18 Å². The Morgan fingerprint density at radius 3 is 2.70 bits per heavy atom. The highest BCUT2D eigenvalue weighted by Gasteiger charge is 2.36. The minimum absolute atomic E-state index is 0.0457. The maximum absolute atomic E-state index is 13.1. The van der Waals surface area contributed by atoms with Crippen molar-refractivity contribution >= 4 is 39.6 Å². The van der Waals surface area contributed by atoms with Gasteiger partial charge in [0.25, 0.3) is 0 Å². The minimum atomic E-state index is -4.59. The first-order chi connectivity index (χ1) is 12.8. The van der Waals surface area contributed by atoms with Gasteiger partial charge < -0.3 is 5.32 Å². The molecule has 1 fully saturated rings. The molecule has 1 saturated carbocycles. The highest BCUT2D eigenvalue weighted by molar-refractivity contribution is 6.35. The SMILES string of the molecule is N=C1C=CC(C(F)(F)F)=N/C1=C(/NC1CCC1)c1cc(Cl)c2[nH]ncc2c1. The largest absolute Gasteiger partial charge is 0.433 e. The molecule has 3 N–H and O–H groups in total. The summed E-state index contributed by atoms with van der Waals surface area (Å²) in [5.74, 6) is 0. The quantitative estimate of drug-likeness (QED) is 0.711. The van der Waals surface area contributed by atoms with Crippen LogP contribution in [-0.2, 0) is 0 Å². The van der Waals surface area contributed by atoms with Gasteiger partial charge in [0.05, 0.1) is 28.1 Å². The average Bonchev–Trinajstić information content (AvgIpc) is 3.03. The van der Waals surface area contributed by atoms with Gasteiger partial charge in [-0.15, -0.1) is 0 Å². The average molecular weight is 394 g/mol. The fourth-order valence-electron chi connectivity index (χ4n) is 3.01. The lowest BCUT2D eigenvalue weighted by Gasteiger charge is -2.30. The zero-order valence-corrected chi connectivity index (χ0v) is 14.7. The molecule has 0 spiro atoms. The van der Waals surface area contributed by atoms with Crippen molar-refractivity contribution in [2.24, 2.45) is 4.99 Å². The number of halogens is 4. The summed E-state index contributed by atoms with van der Waals surface area (Å²) in [6, 6.07) is 3.55. The second-order valence-electron chi connectivity index (χ2n) is 6.53. The molecule has 9 heteroatoms. The second kappa shape index (κ2) is 6.53. The van der Waals surface area contributed by atoms with Crippen LogP contribution in [0, 0.1) is 5.41 Å². The molecule has 0 atom stereocenters. The maximum Gasteiger partial charge on any atom is 0.433 e. The van der Waals surface area contributed by atoms with E-state index in [1.807, 2.05) is 0 Å². The number of hydrogen-bond donors (Lipinski definition) is 3. The molecule has 140 valence electrons. The standard InChI is InChI=1S/C18H15ClF3N5/c19-12-7-9(6-10-8-24-27-15(10)12)16(25-11-2-1-3-11)17-13(23)4-5-14(26-17)18(20,21)22/h4-8,11,23,25H,1-3H2,(H,24,27)/b17-16+,23-13?. The normalized spacial score (nSPS) is 19.9. The summed E-state index contributed by atoms with van der Waals surface area (Å²) in [4.78, 5) is 3.75. The van der Waals surface area contributed by atoms with Crippen molar-refractivity contribution in [2.45, 2.75) is 31.5 Å². The topological polar surface area (TPSA) is 76.9 Å². The molecule has 0 bridgehead atoms. The number of aromatic amines is 1. The van der Waals surface area contributed by atoms with Crippen LogP contribution < -0.4 is 5.32 Å². The minimum Gasteiger partial charge on any atom is -0.380 e. The van der Waals surface area contributed by atoms with E-state index in [4.69, 9.17) is 17.0 Å². The molecular weight excluding hydrogens is 379 g/mol. The van der Waals surface area contributed by atoms with Gasteiger partial charge in [-0.05, 0) is 43.5 Å². The molecule has 2 heterocycles. The summed E-state index contributed by atoms with van der Waals surface area (Å²) in [6.07, 6.45) is 1.82. The molecule has 27 heavy (non-hydrogen) atoms. The Balaban J connectivity index is 1.89. The van der Waals surface area contributed by atoms with Gasteiger partial charge in [-0.25, -0.2) is 4.99 Å². The van der Waals surface area contributed by atoms with Crippen molar-refractivity contribution in [3.8, 4) is 0 Å². The Morgan fingerprint density at radius 1 is 1.26 bits per heavy atom. The maximum atomic E-state index is 13.1. The number of H-pyrrole nitrogens is 1. The van der Waals surface area contributed by atoms with Crippen molar-refractivity contribution in [1.82, 2.24) is 15.5 Å². The van der Waals surface area contributed by atoms with Crippen molar-refractivity contribution < 1.29 is 13.2 Å². The predicted octanol–water partition coefficient (Wildman–Crippen LogP) is 4.62. The first kappa shape index (κ1) is 17.8. The van der Waals surface area contributed by atoms with E-state index in [2.05, 4.69) is 20.5 Å². The second-order valence-corrected chi connectivity index (χ2v) is 6.94. The number of alkyl halides is 3. The molecule has 5 nitrogen and oxygen atoms in total. The lowest BCUT2D eigenvalue weighted by atomic mass is 9.91. The van der Waals surface area contributed by atoms with E-state index < -0.39 is 11.9 Å². The smallest absolute Gasteiger partial charge is 0.380 e. The number of nitrogens with zero attached hydrogens (tertiary/aromatic N) is 2. The lowest BCUT2D eigenvalue weighted by Crippen LogP contribution is -2.35. The van der Waals surface area contributed by atoms with Crippen LogP contribution in [0.15, 0.2) is 41.2 Å². The Kier molecular flexibility index (Phi) is 4.30. The highest BCUT2D eigenvalue weighted by atomic mass is 35.5. The summed E-state index contributed by atoms with van der Waals surface area (Å²) in [5.41, 5.74) is 0.425. The van der Waals surface area contributed by atoms with Gasteiger partial charge in [-0.3, -0.25) is 10.5 Å². The number of dihydropyridines is 1. The van der Waals surface area contributed by atoms with Crippen LogP contribution in [0.2, 0.25) is 5.02 Å². The zero-order valence-electron chi connectivity index (χ0n) is 14.0. The Hall–Kier alpha value is -2.61. The van der Waals surface area contributed by atoms with Crippen LogP contribution >= 0.6 is 11.6 Å². The summed E-state index contributed by atoms with van der Waals surface area (Å²) in [6.45, 7) is 0. The highest BCUT2D eigenvalue weighted by Crippen LogP contribution is 2.32. The van der Waals surface area contributed by atoms with E-state index in [0.717, 1.165) is 36.8 Å². The van der Waals surface area contributed by atoms with Crippen LogP contribution in [0.1, 0.15) is 24.8 Å². The number of rotatable bonds is 3. The molecule has 0 amide bonds. The van der Waals surface area contributed by atoms with Gasteiger partial charge in [0.15, 0.2) is 0 Å². The molecule has 1 aromatic carbocycles. The van der Waals surface area contributed by atoms with Crippen LogP contribution in [0.3, 0.4) is 0 Å². The van der Waals surface area contributed by atoms with Gasteiger partial charge in [0, 0.05) is 17.0 Å². The molecule has 1 aliphatic heterocycles. The fraction of sp³-hybridized carbons (Fsp3) is 0.278. The molecule has 0 radical (unpaired) electrons. The van der Waals surface area contributed by atoms with Crippen molar-refractivity contribution in [3.63, 3.8) is 0 Å². The molecule has 2 aromatic rings. The number of hydrogen-bond acceptors (Lipinski definition) is 4. The van der Waals surface area contributed by atoms with Gasteiger partial charge in [-0.2, -0.15) is 18.3 Å². The predicted molar refractivity (Wildman–Crippen MR) is 99.2 cm³/mol. The number of aliphatic imine (C=N–C) groups is 1. The molecule has 1 aliphatic carbocycles. The summed E-state index contributed by atoms with van der Waals surface area (Å²) in [5, 5.41) is 19.2. The molecular formula is C18H15ClF3N5.